The normalized spacial score (nSPS) is 14.5. The second-order valence-corrected chi connectivity index (χ2v) is 5.72. The molecule has 1 aliphatic heterocycles. The summed E-state index contributed by atoms with van der Waals surface area (Å²) in [6.45, 7) is 5.44. The molecule has 0 radical (unpaired) electrons. The lowest BCUT2D eigenvalue weighted by Gasteiger charge is -2.39. The average Bonchev–Trinajstić information content (AvgIpc) is 2.49. The summed E-state index contributed by atoms with van der Waals surface area (Å²) >= 11 is 0. The largest absolute Gasteiger partial charge is 0.325 e. The Bertz CT molecular complexity index is 637. The molecule has 0 aliphatic carbocycles. The number of rotatable bonds is 3. The van der Waals surface area contributed by atoms with Crippen LogP contribution in [0.2, 0.25) is 0 Å². The van der Waals surface area contributed by atoms with Gasteiger partial charge in [0.15, 0.2) is 0 Å². The molecule has 2 aromatic rings. The van der Waals surface area contributed by atoms with Gasteiger partial charge in [0.2, 0.25) is 0 Å². The molecule has 2 aromatic carbocycles. The second-order valence-electron chi connectivity index (χ2n) is 5.72. The van der Waals surface area contributed by atoms with Crippen LogP contribution in [0.15, 0.2) is 54.6 Å². The molecule has 3 heteroatoms. The van der Waals surface area contributed by atoms with Gasteiger partial charge in [-0.05, 0) is 31.0 Å². The molecular weight excluding hydrogens is 260 g/mol. The van der Waals surface area contributed by atoms with Crippen LogP contribution in [-0.4, -0.2) is 17.0 Å². The van der Waals surface area contributed by atoms with Crippen molar-refractivity contribution < 1.29 is 4.79 Å². The highest BCUT2D eigenvalue weighted by Crippen LogP contribution is 2.30. The van der Waals surface area contributed by atoms with E-state index >= 15 is 0 Å². The lowest BCUT2D eigenvalue weighted by molar-refractivity contribution is 0.193. The maximum absolute atomic E-state index is 12.8. The lowest BCUT2D eigenvalue weighted by Crippen LogP contribution is -2.49. The number of anilines is 1. The number of urea groups is 1. The number of para-hydroxylation sites is 1. The molecule has 0 bridgehead atoms. The van der Waals surface area contributed by atoms with E-state index in [0.717, 1.165) is 11.3 Å². The van der Waals surface area contributed by atoms with Crippen molar-refractivity contribution in [3.8, 4) is 0 Å². The fraction of sp³-hybridized carbons (Fsp3) is 0.278. The Hall–Kier alpha value is -2.29. The molecule has 0 N–H and O–H groups in total. The smallest absolute Gasteiger partial charge is 0.316 e. The van der Waals surface area contributed by atoms with E-state index in [4.69, 9.17) is 0 Å². The van der Waals surface area contributed by atoms with E-state index in [2.05, 4.69) is 32.0 Å². The predicted molar refractivity (Wildman–Crippen MR) is 85.1 cm³/mol. The van der Waals surface area contributed by atoms with E-state index in [-0.39, 0.29) is 12.1 Å². The van der Waals surface area contributed by atoms with Gasteiger partial charge in [-0.3, -0.25) is 4.90 Å². The molecule has 0 spiro atoms. The van der Waals surface area contributed by atoms with Crippen LogP contribution >= 0.6 is 0 Å². The summed E-state index contributed by atoms with van der Waals surface area (Å²) in [7, 11) is 0. The third-order valence-corrected chi connectivity index (χ3v) is 3.82. The van der Waals surface area contributed by atoms with Crippen molar-refractivity contribution in [2.24, 2.45) is 0 Å². The van der Waals surface area contributed by atoms with Gasteiger partial charge in [-0.1, -0.05) is 48.5 Å². The zero-order valence-electron chi connectivity index (χ0n) is 12.5. The summed E-state index contributed by atoms with van der Waals surface area (Å²) < 4.78 is 0. The second kappa shape index (κ2) is 5.60. The Morgan fingerprint density at radius 1 is 1.00 bits per heavy atom. The Morgan fingerprint density at radius 2 is 1.67 bits per heavy atom. The Labute approximate surface area is 125 Å². The molecule has 0 unspecified atom stereocenters. The molecule has 0 aromatic heterocycles. The SMILES string of the molecule is CC(C)N1C(=O)N(Cc2ccccc2)Cc2ccccc21. The van der Waals surface area contributed by atoms with Crippen LogP contribution in [0.5, 0.6) is 0 Å². The summed E-state index contributed by atoms with van der Waals surface area (Å²) in [5, 5.41) is 0. The van der Waals surface area contributed by atoms with Gasteiger partial charge in [-0.25, -0.2) is 4.79 Å². The molecule has 21 heavy (non-hydrogen) atoms. The van der Waals surface area contributed by atoms with Crippen molar-refractivity contribution in [1.29, 1.82) is 0 Å². The van der Waals surface area contributed by atoms with Crippen molar-refractivity contribution in [2.75, 3.05) is 4.90 Å². The highest BCUT2D eigenvalue weighted by Gasteiger charge is 2.31. The van der Waals surface area contributed by atoms with E-state index in [1.807, 2.05) is 46.2 Å². The zero-order chi connectivity index (χ0) is 14.8. The molecule has 108 valence electrons. The summed E-state index contributed by atoms with van der Waals surface area (Å²) in [5.74, 6) is 0. The molecular formula is C18H20N2O. The van der Waals surface area contributed by atoms with Crippen LogP contribution in [0.3, 0.4) is 0 Å². The van der Waals surface area contributed by atoms with Gasteiger partial charge in [0.1, 0.15) is 0 Å². The maximum atomic E-state index is 12.8. The standard InChI is InChI=1S/C18H20N2O/c1-14(2)20-17-11-7-6-10-16(17)13-19(18(20)21)12-15-8-4-3-5-9-15/h3-11,14H,12-13H2,1-2H3. The Kier molecular flexibility index (Phi) is 3.65. The first kappa shape index (κ1) is 13.7. The van der Waals surface area contributed by atoms with Gasteiger partial charge in [-0.2, -0.15) is 0 Å². The maximum Gasteiger partial charge on any atom is 0.325 e. The van der Waals surface area contributed by atoms with Gasteiger partial charge in [0.05, 0.1) is 5.69 Å². The summed E-state index contributed by atoms with van der Waals surface area (Å²) in [6.07, 6.45) is 0. The third-order valence-electron chi connectivity index (χ3n) is 3.82. The van der Waals surface area contributed by atoms with E-state index < -0.39 is 0 Å². The number of carbonyl (C=O) groups is 1. The number of benzene rings is 2. The number of hydrogen-bond acceptors (Lipinski definition) is 1. The first-order valence-electron chi connectivity index (χ1n) is 7.37. The minimum atomic E-state index is 0.0903. The molecule has 3 rings (SSSR count). The van der Waals surface area contributed by atoms with Crippen LogP contribution in [0.4, 0.5) is 10.5 Å². The number of amides is 2. The summed E-state index contributed by atoms with van der Waals surface area (Å²) in [5.41, 5.74) is 3.41. The van der Waals surface area contributed by atoms with E-state index in [0.29, 0.717) is 13.1 Å². The van der Waals surface area contributed by atoms with Gasteiger partial charge in [0.25, 0.3) is 0 Å². The molecule has 3 nitrogen and oxygen atoms in total. The molecule has 2 amide bonds. The number of hydrogen-bond donors (Lipinski definition) is 0. The fourth-order valence-corrected chi connectivity index (χ4v) is 2.83. The Balaban J connectivity index is 1.93. The number of fused-ring (bicyclic) bond motifs is 1. The number of carbonyl (C=O) groups excluding carboxylic acids is 1. The van der Waals surface area contributed by atoms with Crippen molar-refractivity contribution in [3.63, 3.8) is 0 Å². The summed E-state index contributed by atoms with van der Waals surface area (Å²) in [6, 6.07) is 18.6. The van der Waals surface area contributed by atoms with E-state index in [9.17, 15) is 4.79 Å². The van der Waals surface area contributed by atoms with E-state index in [1.165, 1.54) is 5.56 Å². The average molecular weight is 280 g/mol. The van der Waals surface area contributed by atoms with E-state index in [1.54, 1.807) is 0 Å². The van der Waals surface area contributed by atoms with Crippen molar-refractivity contribution in [2.45, 2.75) is 33.0 Å². The minimum Gasteiger partial charge on any atom is -0.316 e. The van der Waals surface area contributed by atoms with Crippen LogP contribution < -0.4 is 4.90 Å². The van der Waals surface area contributed by atoms with Crippen LogP contribution in [0, 0.1) is 0 Å². The first-order valence-corrected chi connectivity index (χ1v) is 7.37. The predicted octanol–water partition coefficient (Wildman–Crippen LogP) is 4.04. The quantitative estimate of drug-likeness (QED) is 0.832. The molecule has 1 heterocycles. The summed E-state index contributed by atoms with van der Waals surface area (Å²) in [4.78, 5) is 16.6. The Morgan fingerprint density at radius 3 is 2.38 bits per heavy atom. The van der Waals surface area contributed by atoms with Crippen LogP contribution in [-0.2, 0) is 13.1 Å². The van der Waals surface area contributed by atoms with Gasteiger partial charge >= 0.3 is 6.03 Å². The fourth-order valence-electron chi connectivity index (χ4n) is 2.83. The molecule has 0 saturated carbocycles. The lowest BCUT2D eigenvalue weighted by atomic mass is 10.1. The first-order chi connectivity index (χ1) is 10.2. The number of nitrogens with zero attached hydrogens (tertiary/aromatic N) is 2. The monoisotopic (exact) mass is 280 g/mol. The van der Waals surface area contributed by atoms with Crippen molar-refractivity contribution >= 4 is 11.7 Å². The molecule has 0 fully saturated rings. The zero-order valence-corrected chi connectivity index (χ0v) is 12.5. The van der Waals surface area contributed by atoms with Gasteiger partial charge in [-0.15, -0.1) is 0 Å². The topological polar surface area (TPSA) is 23.6 Å². The highest BCUT2D eigenvalue weighted by atomic mass is 16.2. The molecule has 0 saturated heterocycles. The van der Waals surface area contributed by atoms with Crippen molar-refractivity contribution in [3.05, 3.63) is 65.7 Å². The molecule has 1 aliphatic rings. The van der Waals surface area contributed by atoms with Crippen LogP contribution in [0.1, 0.15) is 25.0 Å². The van der Waals surface area contributed by atoms with Crippen molar-refractivity contribution in [1.82, 2.24) is 4.90 Å². The third kappa shape index (κ3) is 2.64. The highest BCUT2D eigenvalue weighted by molar-refractivity contribution is 5.95. The molecule has 0 atom stereocenters. The van der Waals surface area contributed by atoms with Gasteiger partial charge < -0.3 is 4.90 Å². The van der Waals surface area contributed by atoms with Crippen LogP contribution in [0.25, 0.3) is 0 Å². The van der Waals surface area contributed by atoms with Gasteiger partial charge in [0, 0.05) is 19.1 Å². The minimum absolute atomic E-state index is 0.0903.